The van der Waals surface area contributed by atoms with Crippen LogP contribution in [0, 0.1) is 102 Å². The van der Waals surface area contributed by atoms with Gasteiger partial charge >= 0.3 is 0 Å². The minimum atomic E-state index is -0.680. The lowest BCUT2D eigenvalue weighted by Crippen LogP contribution is -2.12. The predicted molar refractivity (Wildman–Crippen MR) is 550 cm³/mol. The molecule has 8 N–H and O–H groups in total. The van der Waals surface area contributed by atoms with E-state index in [0.29, 0.717) is 55.7 Å². The molecule has 1 aliphatic rings. The molecule has 5 heterocycles. The predicted octanol–water partition coefficient (Wildman–Crippen LogP) is 22.0. The fourth-order valence-electron chi connectivity index (χ4n) is 17.2. The van der Waals surface area contributed by atoms with Crippen molar-refractivity contribution in [3.63, 3.8) is 0 Å². The molecule has 134 heavy (non-hydrogen) atoms. The smallest absolute Gasteiger partial charge is 0.273 e. The zero-order valence-corrected chi connectivity index (χ0v) is 80.6. The van der Waals surface area contributed by atoms with Gasteiger partial charge in [-0.15, -0.1) is 0 Å². The summed E-state index contributed by atoms with van der Waals surface area (Å²) in [5.41, 5.74) is 35.0. The number of hydrogen-bond donors (Lipinski definition) is 7. The molecule has 22 nitrogen and oxygen atoms in total. The standard InChI is InChI=1S/C24H28N2O3.C24H26N2O2.C23H23N3O2.C20H21N3OS.C20H20N2O2/c1-14-6-7-21-22(11-14)26(19-9-15(2)8-16(3)10-19)24(29)23(21)18(5)25-13-20(28)12-17(4)27;1-14-5-8-20-21(12-14)26(19-10-15(2)9-16(3)11-19)24(28)23(20)17(4)25-13-22(27)18-6-7-18;1-14-6-7-20-21(11-14)26(18-9-15(2)8-16(3)10-18)23(28)22(20)17(4)25-13-19(27)12-24-5;1-12-4-5-16-17(10-22-11-19(21)25)20(24)23(18(16)9-12)15-7-13(2)6-14(3)8-15;1-13-9-10-17-18(11-13)22(16-7-5-4-6-8-16)20(24)19(17)15(3)21-12-14(2)23/h6-11,17,27,29H,12-13H2,1-5H3;5,8-12,18,28H,6-7,13H2,1-4H3;6-11,28H,12-13H2,1-4H3;4-10,24H,11H2,1-3H3,(H2,21,25);4-11,24H,12H2,1-3H3. The fraction of sp³-hybridized carbons (Fsp3) is 0.270. The maximum absolute atomic E-state index is 12.1. The molecule has 1 unspecified atom stereocenters. The number of aromatic hydroxyl groups is 5. The molecular weight excluding hydrogens is 1690 g/mol. The van der Waals surface area contributed by atoms with Crippen LogP contribution in [0.25, 0.3) is 87.8 Å². The summed E-state index contributed by atoms with van der Waals surface area (Å²) in [4.78, 5) is 72.2. The Morgan fingerprint density at radius 3 is 0.985 bits per heavy atom. The second-order valence-electron chi connectivity index (χ2n) is 35.5. The minimum absolute atomic E-state index is 0.00326. The molecule has 5 aromatic heterocycles. The monoisotopic (exact) mass is 1810 g/mol. The first-order chi connectivity index (χ1) is 63.7. The number of hydrogen-bond acceptors (Lipinski definition) is 16. The Balaban J connectivity index is 0.000000151. The summed E-state index contributed by atoms with van der Waals surface area (Å²) in [5.74, 6) is 0.725. The third-order valence-corrected chi connectivity index (χ3v) is 23.3. The van der Waals surface area contributed by atoms with Crippen LogP contribution in [0.15, 0.2) is 219 Å². The Morgan fingerprint density at radius 1 is 0.388 bits per heavy atom. The van der Waals surface area contributed by atoms with Crippen molar-refractivity contribution in [2.45, 2.75) is 157 Å². The van der Waals surface area contributed by atoms with Gasteiger partial charge in [0.1, 0.15) is 6.54 Å². The number of aliphatic hydroxyl groups is 1. The number of nitrogens with zero attached hydrogens (tertiary/aromatic N) is 11. The van der Waals surface area contributed by atoms with Crippen LogP contribution in [0.2, 0.25) is 0 Å². The lowest BCUT2D eigenvalue weighted by atomic mass is 10.1. The number of nitrogens with two attached hydrogens (primary N) is 1. The molecule has 0 bridgehead atoms. The van der Waals surface area contributed by atoms with Gasteiger partial charge in [-0.1, -0.05) is 115 Å². The lowest BCUT2D eigenvalue weighted by molar-refractivity contribution is -0.119. The molecule has 0 saturated heterocycles. The molecule has 1 saturated carbocycles. The van der Waals surface area contributed by atoms with Crippen LogP contribution in [0.3, 0.4) is 0 Å². The quantitative estimate of drug-likeness (QED) is 0.0169. The van der Waals surface area contributed by atoms with Crippen molar-refractivity contribution in [1.29, 1.82) is 0 Å². The number of aromatic nitrogens is 5. The van der Waals surface area contributed by atoms with Gasteiger partial charge in [0.25, 0.3) is 6.54 Å². The Kier molecular flexibility index (Phi) is 31.3. The van der Waals surface area contributed by atoms with E-state index in [1.165, 1.54) is 6.92 Å². The van der Waals surface area contributed by atoms with Crippen molar-refractivity contribution in [3.8, 4) is 57.8 Å². The summed E-state index contributed by atoms with van der Waals surface area (Å²) in [6.07, 6.45) is 3.02. The zero-order chi connectivity index (χ0) is 97.1. The topological polar surface area (TPSA) is 306 Å². The molecule has 1 aliphatic carbocycles. The van der Waals surface area contributed by atoms with Gasteiger partial charge in [-0.2, -0.15) is 0 Å². The van der Waals surface area contributed by atoms with Crippen molar-refractivity contribution in [1.82, 2.24) is 22.8 Å². The van der Waals surface area contributed by atoms with E-state index in [2.05, 4.69) is 118 Å². The average Bonchev–Trinajstić information content (AvgIpc) is 1.62. The summed E-state index contributed by atoms with van der Waals surface area (Å²) >= 11 is 4.86. The number of aryl methyl sites for hydroxylation is 13. The van der Waals surface area contributed by atoms with E-state index in [1.807, 2.05) is 232 Å². The van der Waals surface area contributed by atoms with Crippen molar-refractivity contribution in [2.75, 3.05) is 39.3 Å². The highest BCUT2D eigenvalue weighted by Gasteiger charge is 2.31. The molecule has 10 aromatic carbocycles. The lowest BCUT2D eigenvalue weighted by Gasteiger charge is -2.10. The van der Waals surface area contributed by atoms with Crippen molar-refractivity contribution in [3.05, 3.63) is 306 Å². The summed E-state index contributed by atoms with van der Waals surface area (Å²) in [6.45, 7) is 44.0. The Morgan fingerprint density at radius 2 is 0.679 bits per heavy atom. The van der Waals surface area contributed by atoms with Gasteiger partial charge in [-0.05, 0) is 308 Å². The molecular formula is C111H118N12O10S. The number of ketones is 4. The number of fused-ring (bicyclic) bond motifs is 5. The highest BCUT2D eigenvalue weighted by Crippen LogP contribution is 2.42. The van der Waals surface area contributed by atoms with Crippen LogP contribution >= 0.6 is 12.2 Å². The fourth-order valence-corrected chi connectivity index (χ4v) is 17.2. The van der Waals surface area contributed by atoms with Gasteiger partial charge in [-0.3, -0.25) is 67.0 Å². The van der Waals surface area contributed by atoms with Gasteiger partial charge in [0, 0.05) is 96.8 Å². The highest BCUT2D eigenvalue weighted by molar-refractivity contribution is 7.80. The van der Waals surface area contributed by atoms with E-state index in [9.17, 15) is 49.8 Å². The minimum Gasteiger partial charge on any atom is -0.494 e. The van der Waals surface area contributed by atoms with E-state index < -0.39 is 6.10 Å². The molecule has 0 radical (unpaired) electrons. The molecule has 0 spiro atoms. The van der Waals surface area contributed by atoms with E-state index in [1.54, 1.807) is 27.0 Å². The number of thiocarbonyl (C=S) groups is 1. The SMILES string of the molecule is CC(=NCC(=O)C1CC1)c1c(O)n(-c2cc(C)cc(C)c2)c2cc(C)ccc12.CC(=NCC(=O)CC(C)O)c1c(O)n(-c2cc(C)cc(C)c2)c2cc(C)ccc12.CC(=O)CN=C(C)c1c(O)n(-c2ccccc2)c2cc(C)ccc12.Cc1cc(C)cc(-n2c(O)c(C=NCC(N)=S)c3ccc(C)cc32)c1.[C-]#[N+]CC(=O)CN=C(C)c1c(O)n(-c2cc(C)cc(C)c2)c2cc(C)ccc12. The molecule has 688 valence electrons. The number of Topliss-reactive ketones (excluding diaryl/α,β-unsaturated/α-hetero) is 4. The third-order valence-electron chi connectivity index (χ3n) is 23.1. The number of para-hydroxylation sites is 1. The molecule has 16 rings (SSSR count). The third kappa shape index (κ3) is 23.0. The highest BCUT2D eigenvalue weighted by atomic mass is 32.1. The van der Waals surface area contributed by atoms with Crippen LogP contribution in [0.4, 0.5) is 0 Å². The van der Waals surface area contributed by atoms with E-state index in [-0.39, 0.29) is 104 Å². The molecule has 1 atom stereocenters. The van der Waals surface area contributed by atoms with Crippen LogP contribution in [-0.4, -0.2) is 156 Å². The molecule has 23 heteroatoms. The number of benzene rings is 10. The summed E-state index contributed by atoms with van der Waals surface area (Å²) in [6, 6.07) is 64.9. The summed E-state index contributed by atoms with van der Waals surface area (Å²) < 4.78 is 9.25. The van der Waals surface area contributed by atoms with Gasteiger partial charge < -0.3 is 41.2 Å². The molecule has 0 aliphatic heterocycles. The Hall–Kier alpha value is -14.7. The number of carbonyl (C=O) groups excluding carboxylic acids is 4. The first-order valence-electron chi connectivity index (χ1n) is 44.7. The van der Waals surface area contributed by atoms with Gasteiger partial charge in [0.05, 0.1) is 92.7 Å². The number of aliphatic hydroxyl groups excluding tert-OH is 1. The maximum Gasteiger partial charge on any atom is 0.273 e. The van der Waals surface area contributed by atoms with Gasteiger partial charge in [0.2, 0.25) is 35.2 Å². The van der Waals surface area contributed by atoms with Crippen LogP contribution in [0.1, 0.15) is 161 Å². The summed E-state index contributed by atoms with van der Waals surface area (Å²) in [7, 11) is 0. The summed E-state index contributed by atoms with van der Waals surface area (Å²) in [5, 5.41) is 69.2. The maximum atomic E-state index is 12.1. The zero-order valence-electron chi connectivity index (χ0n) is 79.8. The first kappa shape index (κ1) is 98.3. The number of rotatable bonds is 24. The van der Waals surface area contributed by atoms with Crippen LogP contribution < -0.4 is 5.73 Å². The van der Waals surface area contributed by atoms with E-state index in [4.69, 9.17) is 24.5 Å². The van der Waals surface area contributed by atoms with Crippen molar-refractivity contribution >= 4 is 124 Å². The molecule has 1 fully saturated rings. The van der Waals surface area contributed by atoms with Gasteiger partial charge in [-0.25, -0.2) is 6.57 Å². The van der Waals surface area contributed by atoms with Crippen LogP contribution in [0.5, 0.6) is 29.4 Å². The number of aliphatic imine (C=N–C) groups is 5. The molecule has 15 aromatic rings. The van der Waals surface area contributed by atoms with E-state index in [0.717, 1.165) is 168 Å². The first-order valence-corrected chi connectivity index (χ1v) is 45.1. The van der Waals surface area contributed by atoms with Crippen molar-refractivity contribution in [2.24, 2.45) is 36.6 Å². The second-order valence-corrected chi connectivity index (χ2v) is 36.0. The largest absolute Gasteiger partial charge is 0.494 e. The van der Waals surface area contributed by atoms with Gasteiger partial charge in [0.15, 0.2) is 17.3 Å². The number of carbonyl (C=O) groups is 4. The van der Waals surface area contributed by atoms with Crippen molar-refractivity contribution < 1.29 is 49.8 Å². The second kappa shape index (κ2) is 42.7. The van der Waals surface area contributed by atoms with Crippen LogP contribution in [-0.2, 0) is 19.2 Å². The average molecular weight is 1810 g/mol. The van der Waals surface area contributed by atoms with E-state index >= 15 is 0 Å². The Labute approximate surface area is 788 Å². The Bertz CT molecular complexity index is 7230. The normalized spacial score (nSPS) is 12.6. The molecule has 0 amide bonds.